The van der Waals surface area contributed by atoms with E-state index >= 15 is 0 Å². The highest BCUT2D eigenvalue weighted by Crippen LogP contribution is 2.13. The van der Waals surface area contributed by atoms with Gasteiger partial charge in [0.15, 0.2) is 0 Å². The van der Waals surface area contributed by atoms with E-state index in [1.54, 1.807) is 0 Å². The van der Waals surface area contributed by atoms with Crippen molar-refractivity contribution in [2.75, 3.05) is 43.6 Å². The molecule has 0 bridgehead atoms. The second kappa shape index (κ2) is 7.25. The molecule has 0 amide bonds. The molecule has 2 rings (SSSR count). The van der Waals surface area contributed by atoms with Gasteiger partial charge in [0.25, 0.3) is 0 Å². The van der Waals surface area contributed by atoms with Gasteiger partial charge in [0.2, 0.25) is 0 Å². The van der Waals surface area contributed by atoms with E-state index in [0.29, 0.717) is 0 Å². The molecule has 0 radical (unpaired) electrons. The van der Waals surface area contributed by atoms with Gasteiger partial charge in [0.05, 0.1) is 13.2 Å². The maximum absolute atomic E-state index is 5.33. The predicted octanol–water partition coefficient (Wildman–Crippen LogP) is 1.52. The van der Waals surface area contributed by atoms with Gasteiger partial charge in [-0.05, 0) is 6.42 Å². The van der Waals surface area contributed by atoms with Crippen LogP contribution in [-0.4, -0.2) is 47.8 Å². The number of aryl methyl sites for hydroxylation is 1. The van der Waals surface area contributed by atoms with E-state index in [-0.39, 0.29) is 0 Å². The molecule has 6 heteroatoms. The Kier molecular flexibility index (Phi) is 5.35. The molecule has 1 aliphatic rings. The zero-order chi connectivity index (χ0) is 13.5. The summed E-state index contributed by atoms with van der Waals surface area (Å²) in [5, 5.41) is 5.45. The lowest BCUT2D eigenvalue weighted by Gasteiger charge is -2.27. The van der Waals surface area contributed by atoms with E-state index in [0.717, 1.165) is 63.1 Å². The third-order valence-electron chi connectivity index (χ3n) is 2.93. The summed E-state index contributed by atoms with van der Waals surface area (Å²) in [5.41, 5.74) is 3.33. The first-order valence-corrected chi connectivity index (χ1v) is 7.03. The molecule has 1 aromatic rings. The molecule has 1 aliphatic heterocycles. The van der Waals surface area contributed by atoms with Crippen molar-refractivity contribution in [3.05, 3.63) is 11.9 Å². The summed E-state index contributed by atoms with van der Waals surface area (Å²) in [6.45, 7) is 8.42. The number of hydrogen-bond acceptors (Lipinski definition) is 6. The van der Waals surface area contributed by atoms with E-state index in [4.69, 9.17) is 4.74 Å². The highest BCUT2D eigenvalue weighted by atomic mass is 16.5. The molecule has 0 unspecified atom stereocenters. The van der Waals surface area contributed by atoms with E-state index in [1.165, 1.54) is 0 Å². The summed E-state index contributed by atoms with van der Waals surface area (Å²) >= 11 is 0. The second-order valence-electron chi connectivity index (χ2n) is 4.55. The van der Waals surface area contributed by atoms with Crippen LogP contribution in [0.25, 0.3) is 0 Å². The monoisotopic (exact) mass is 265 g/mol. The third-order valence-corrected chi connectivity index (χ3v) is 2.93. The number of nitrogens with zero attached hydrogens (tertiary/aromatic N) is 3. The van der Waals surface area contributed by atoms with Gasteiger partial charge in [-0.3, -0.25) is 0 Å². The van der Waals surface area contributed by atoms with Crippen molar-refractivity contribution in [1.29, 1.82) is 0 Å². The second-order valence-corrected chi connectivity index (χ2v) is 4.55. The minimum absolute atomic E-state index is 0.764. The van der Waals surface area contributed by atoms with Gasteiger partial charge in [0, 0.05) is 32.1 Å². The van der Waals surface area contributed by atoms with Crippen LogP contribution in [0.4, 0.5) is 11.6 Å². The first-order valence-electron chi connectivity index (χ1n) is 7.03. The van der Waals surface area contributed by atoms with Crippen molar-refractivity contribution in [3.8, 4) is 0 Å². The minimum Gasteiger partial charge on any atom is -0.379 e. The SMILES string of the molecule is CCCNc1cc(NN2CCOCC2)nc(CC)n1. The molecule has 6 nitrogen and oxygen atoms in total. The first kappa shape index (κ1) is 14.0. The average Bonchev–Trinajstić information content (AvgIpc) is 2.46. The van der Waals surface area contributed by atoms with Crippen LogP contribution in [0.3, 0.4) is 0 Å². The summed E-state index contributed by atoms with van der Waals surface area (Å²) in [7, 11) is 0. The number of nitrogens with one attached hydrogen (secondary N) is 2. The Morgan fingerprint density at radius 2 is 1.95 bits per heavy atom. The van der Waals surface area contributed by atoms with Crippen molar-refractivity contribution in [2.24, 2.45) is 0 Å². The lowest BCUT2D eigenvalue weighted by molar-refractivity contribution is 0.0495. The van der Waals surface area contributed by atoms with Crippen molar-refractivity contribution in [3.63, 3.8) is 0 Å². The Morgan fingerprint density at radius 3 is 2.63 bits per heavy atom. The van der Waals surface area contributed by atoms with Crippen LogP contribution in [0.2, 0.25) is 0 Å². The van der Waals surface area contributed by atoms with Crippen molar-refractivity contribution in [1.82, 2.24) is 15.0 Å². The molecule has 106 valence electrons. The van der Waals surface area contributed by atoms with Crippen molar-refractivity contribution < 1.29 is 4.74 Å². The Labute approximate surface area is 114 Å². The third kappa shape index (κ3) is 4.33. The van der Waals surface area contributed by atoms with Crippen molar-refractivity contribution >= 4 is 11.6 Å². The molecular weight excluding hydrogens is 242 g/mol. The van der Waals surface area contributed by atoms with Gasteiger partial charge in [-0.25, -0.2) is 15.0 Å². The minimum atomic E-state index is 0.764. The maximum Gasteiger partial charge on any atom is 0.146 e. The highest BCUT2D eigenvalue weighted by Gasteiger charge is 2.11. The summed E-state index contributed by atoms with van der Waals surface area (Å²) in [4.78, 5) is 8.99. The van der Waals surface area contributed by atoms with Gasteiger partial charge in [0.1, 0.15) is 17.5 Å². The molecule has 2 heterocycles. The topological polar surface area (TPSA) is 62.3 Å². The molecule has 1 fully saturated rings. The molecule has 19 heavy (non-hydrogen) atoms. The average molecular weight is 265 g/mol. The number of hydrazine groups is 1. The van der Waals surface area contributed by atoms with E-state index in [1.807, 2.05) is 6.07 Å². The first-order chi connectivity index (χ1) is 9.31. The fraction of sp³-hybridized carbons (Fsp3) is 0.692. The summed E-state index contributed by atoms with van der Waals surface area (Å²) in [6.07, 6.45) is 1.91. The van der Waals surface area contributed by atoms with Gasteiger partial charge in [-0.2, -0.15) is 0 Å². The van der Waals surface area contributed by atoms with E-state index < -0.39 is 0 Å². The van der Waals surface area contributed by atoms with E-state index in [9.17, 15) is 0 Å². The van der Waals surface area contributed by atoms with Crippen LogP contribution in [-0.2, 0) is 11.2 Å². The van der Waals surface area contributed by atoms with Gasteiger partial charge in [-0.1, -0.05) is 13.8 Å². The van der Waals surface area contributed by atoms with Crippen LogP contribution >= 0.6 is 0 Å². The summed E-state index contributed by atoms with van der Waals surface area (Å²) in [5.74, 6) is 2.61. The van der Waals surface area contributed by atoms with Crippen LogP contribution < -0.4 is 10.7 Å². The molecule has 0 aromatic carbocycles. The number of aromatic nitrogens is 2. The number of ether oxygens (including phenoxy) is 1. The molecule has 0 saturated carbocycles. The summed E-state index contributed by atoms with van der Waals surface area (Å²) in [6, 6.07) is 1.96. The number of hydrogen-bond donors (Lipinski definition) is 2. The Bertz CT molecular complexity index is 393. The molecule has 0 aliphatic carbocycles. The molecular formula is C13H23N5O. The van der Waals surface area contributed by atoms with Gasteiger partial charge < -0.3 is 15.5 Å². The summed E-state index contributed by atoms with van der Waals surface area (Å²) < 4.78 is 5.33. The normalized spacial score (nSPS) is 16.3. The molecule has 0 spiro atoms. The zero-order valence-electron chi connectivity index (χ0n) is 11.8. The molecule has 1 aromatic heterocycles. The smallest absolute Gasteiger partial charge is 0.146 e. The lowest BCUT2D eigenvalue weighted by Crippen LogP contribution is -2.40. The number of morpholine rings is 1. The highest BCUT2D eigenvalue weighted by molar-refractivity contribution is 5.47. The fourth-order valence-electron chi connectivity index (χ4n) is 1.89. The molecule has 2 N–H and O–H groups in total. The zero-order valence-corrected chi connectivity index (χ0v) is 11.8. The quantitative estimate of drug-likeness (QED) is 0.813. The van der Waals surface area contributed by atoms with Gasteiger partial charge in [-0.15, -0.1) is 0 Å². The Morgan fingerprint density at radius 1 is 1.21 bits per heavy atom. The molecule has 1 saturated heterocycles. The Hall–Kier alpha value is -1.40. The van der Waals surface area contributed by atoms with Crippen molar-refractivity contribution in [2.45, 2.75) is 26.7 Å². The Balaban J connectivity index is 2.04. The maximum atomic E-state index is 5.33. The van der Waals surface area contributed by atoms with Crippen LogP contribution in [0.15, 0.2) is 6.07 Å². The predicted molar refractivity (Wildman–Crippen MR) is 76.2 cm³/mol. The number of rotatable bonds is 6. The van der Waals surface area contributed by atoms with Gasteiger partial charge >= 0.3 is 0 Å². The van der Waals surface area contributed by atoms with Crippen LogP contribution in [0.5, 0.6) is 0 Å². The van der Waals surface area contributed by atoms with E-state index in [2.05, 4.69) is 39.6 Å². The standard InChI is InChI=1S/C13H23N5O/c1-3-5-14-12-10-13(16-11(4-2)15-12)17-18-6-8-19-9-7-18/h10H,3-9H2,1-2H3,(H2,14,15,16,17). The number of anilines is 2. The largest absolute Gasteiger partial charge is 0.379 e. The fourth-order valence-corrected chi connectivity index (χ4v) is 1.89. The molecule has 0 atom stereocenters. The van der Waals surface area contributed by atoms with Crippen LogP contribution in [0.1, 0.15) is 26.1 Å². The lowest BCUT2D eigenvalue weighted by atomic mass is 10.4. The van der Waals surface area contributed by atoms with Crippen LogP contribution in [0, 0.1) is 0 Å².